The Balaban J connectivity index is 2.08. The van der Waals surface area contributed by atoms with E-state index in [4.69, 9.17) is 4.74 Å². The zero-order chi connectivity index (χ0) is 21.0. The van der Waals surface area contributed by atoms with Crippen molar-refractivity contribution in [3.05, 3.63) is 65.9 Å². The Morgan fingerprint density at radius 2 is 1.72 bits per heavy atom. The zero-order valence-corrected chi connectivity index (χ0v) is 17.8. The Hall–Kier alpha value is -2.92. The van der Waals surface area contributed by atoms with Crippen LogP contribution in [0.15, 0.2) is 54.7 Å². The molecule has 0 radical (unpaired) electrons. The summed E-state index contributed by atoms with van der Waals surface area (Å²) >= 11 is 0. The molecule has 1 N–H and O–H groups in total. The highest BCUT2D eigenvalue weighted by Crippen LogP contribution is 2.30. The minimum Gasteiger partial charge on any atom is -0.383 e. The minimum absolute atomic E-state index is 0.0693. The fraction of sp³-hybridized carbons (Fsp3) is 0.333. The summed E-state index contributed by atoms with van der Waals surface area (Å²) in [5, 5.41) is 7.46. The van der Waals surface area contributed by atoms with Crippen LogP contribution in [0.3, 0.4) is 0 Å². The summed E-state index contributed by atoms with van der Waals surface area (Å²) in [5.41, 5.74) is 5.87. The second kappa shape index (κ2) is 9.05. The number of aromatic nitrogens is 2. The van der Waals surface area contributed by atoms with Gasteiger partial charge in [-0.05, 0) is 63.1 Å². The van der Waals surface area contributed by atoms with E-state index in [2.05, 4.69) is 61.5 Å². The average Bonchev–Trinajstić information content (AvgIpc) is 3.18. The van der Waals surface area contributed by atoms with Gasteiger partial charge in [-0.3, -0.25) is 9.48 Å². The molecule has 0 saturated carbocycles. The number of aryl methyl sites for hydroxylation is 1. The number of rotatable bonds is 7. The molecule has 29 heavy (non-hydrogen) atoms. The predicted molar refractivity (Wildman–Crippen MR) is 117 cm³/mol. The molecular formula is C24H29N3O2. The van der Waals surface area contributed by atoms with E-state index in [-0.39, 0.29) is 18.0 Å². The molecule has 5 heteroatoms. The van der Waals surface area contributed by atoms with Gasteiger partial charge in [-0.25, -0.2) is 0 Å². The van der Waals surface area contributed by atoms with Crippen molar-refractivity contribution in [2.75, 3.05) is 13.7 Å². The third-order valence-electron chi connectivity index (χ3n) is 4.83. The van der Waals surface area contributed by atoms with Crippen molar-refractivity contribution >= 4 is 5.91 Å². The number of nitrogens with one attached hydrogen (secondary N) is 1. The van der Waals surface area contributed by atoms with Crippen LogP contribution in [-0.4, -0.2) is 35.4 Å². The lowest BCUT2D eigenvalue weighted by Crippen LogP contribution is -2.35. The molecule has 3 aromatic rings. The molecule has 0 bridgehead atoms. The quantitative estimate of drug-likeness (QED) is 0.625. The molecule has 0 fully saturated rings. The van der Waals surface area contributed by atoms with Gasteiger partial charge in [-0.15, -0.1) is 0 Å². The number of amides is 1. The maximum atomic E-state index is 12.9. The summed E-state index contributed by atoms with van der Waals surface area (Å²) in [4.78, 5) is 12.9. The number of carbonyl (C=O) groups is 1. The number of hydrogen-bond acceptors (Lipinski definition) is 3. The van der Waals surface area contributed by atoms with Gasteiger partial charge in [0.1, 0.15) is 0 Å². The Morgan fingerprint density at radius 1 is 1.03 bits per heavy atom. The van der Waals surface area contributed by atoms with Gasteiger partial charge in [0.25, 0.3) is 5.91 Å². The molecule has 2 aromatic carbocycles. The molecule has 1 amide bonds. The van der Waals surface area contributed by atoms with Crippen molar-refractivity contribution < 1.29 is 9.53 Å². The maximum absolute atomic E-state index is 12.9. The molecule has 1 atom stereocenters. The van der Waals surface area contributed by atoms with E-state index in [9.17, 15) is 4.79 Å². The van der Waals surface area contributed by atoms with Crippen molar-refractivity contribution in [3.63, 3.8) is 0 Å². The Labute approximate surface area is 172 Å². The molecule has 1 unspecified atom stereocenters. The topological polar surface area (TPSA) is 56.1 Å². The van der Waals surface area contributed by atoms with Gasteiger partial charge in [0.15, 0.2) is 0 Å². The van der Waals surface area contributed by atoms with Gasteiger partial charge in [-0.1, -0.05) is 29.8 Å². The number of nitrogens with zero attached hydrogens (tertiary/aromatic N) is 2. The first-order valence-corrected chi connectivity index (χ1v) is 9.95. The number of hydrogen-bond donors (Lipinski definition) is 1. The minimum atomic E-state index is -0.111. The van der Waals surface area contributed by atoms with Gasteiger partial charge < -0.3 is 10.1 Å². The standard InChI is InChI=1S/C24H29N3O2/c1-16(2)27-23(10-11-25-27)21-12-20(19-8-6-17(3)7-9-19)13-22(14-21)24(28)26-18(4)15-29-5/h6-14,16,18H,15H2,1-5H3,(H,26,28). The highest BCUT2D eigenvalue weighted by molar-refractivity contribution is 5.97. The van der Waals surface area contributed by atoms with E-state index < -0.39 is 0 Å². The van der Waals surface area contributed by atoms with Crippen molar-refractivity contribution in [1.29, 1.82) is 0 Å². The largest absolute Gasteiger partial charge is 0.383 e. The van der Waals surface area contributed by atoms with Crippen molar-refractivity contribution in [3.8, 4) is 22.4 Å². The van der Waals surface area contributed by atoms with E-state index in [0.717, 1.165) is 22.4 Å². The predicted octanol–water partition coefficient (Wildman–Crippen LogP) is 4.87. The molecule has 0 aliphatic heterocycles. The number of methoxy groups -OCH3 is 1. The highest BCUT2D eigenvalue weighted by Gasteiger charge is 2.16. The molecule has 5 nitrogen and oxygen atoms in total. The van der Waals surface area contributed by atoms with Crippen molar-refractivity contribution in [1.82, 2.24) is 15.1 Å². The lowest BCUT2D eigenvalue weighted by atomic mass is 9.97. The van der Waals surface area contributed by atoms with Crippen LogP contribution in [0.25, 0.3) is 22.4 Å². The maximum Gasteiger partial charge on any atom is 0.251 e. The Bertz CT molecular complexity index is 974. The van der Waals surface area contributed by atoms with Crippen LogP contribution in [0.1, 0.15) is 42.7 Å². The molecule has 0 aliphatic rings. The lowest BCUT2D eigenvalue weighted by molar-refractivity contribution is 0.0905. The van der Waals surface area contributed by atoms with Crippen LogP contribution >= 0.6 is 0 Å². The van der Waals surface area contributed by atoms with E-state index in [1.54, 1.807) is 13.3 Å². The summed E-state index contributed by atoms with van der Waals surface area (Å²) in [6.45, 7) is 8.66. The fourth-order valence-corrected chi connectivity index (χ4v) is 3.37. The van der Waals surface area contributed by atoms with Gasteiger partial charge in [0.05, 0.1) is 12.3 Å². The number of carbonyl (C=O) groups excluding carboxylic acids is 1. The summed E-state index contributed by atoms with van der Waals surface area (Å²) < 4.78 is 7.12. The molecule has 1 heterocycles. The summed E-state index contributed by atoms with van der Waals surface area (Å²) in [6, 6.07) is 16.5. The number of ether oxygens (including phenoxy) is 1. The van der Waals surface area contributed by atoms with Gasteiger partial charge in [-0.2, -0.15) is 5.10 Å². The van der Waals surface area contributed by atoms with Crippen LogP contribution in [0.2, 0.25) is 0 Å². The number of benzene rings is 2. The SMILES string of the molecule is COCC(C)NC(=O)c1cc(-c2ccc(C)cc2)cc(-c2ccnn2C(C)C)c1. The van der Waals surface area contributed by atoms with E-state index in [1.807, 2.05) is 29.8 Å². The third kappa shape index (κ3) is 4.93. The fourth-order valence-electron chi connectivity index (χ4n) is 3.37. The van der Waals surface area contributed by atoms with Crippen LogP contribution in [0.5, 0.6) is 0 Å². The van der Waals surface area contributed by atoms with E-state index in [0.29, 0.717) is 12.2 Å². The molecule has 1 aromatic heterocycles. The molecule has 0 saturated heterocycles. The lowest BCUT2D eigenvalue weighted by Gasteiger charge is -2.16. The molecular weight excluding hydrogens is 362 g/mol. The first kappa shape index (κ1) is 20.8. The van der Waals surface area contributed by atoms with Crippen LogP contribution in [0.4, 0.5) is 0 Å². The molecule has 152 valence electrons. The van der Waals surface area contributed by atoms with E-state index >= 15 is 0 Å². The van der Waals surface area contributed by atoms with Crippen molar-refractivity contribution in [2.24, 2.45) is 0 Å². The highest BCUT2D eigenvalue weighted by atomic mass is 16.5. The Kier molecular flexibility index (Phi) is 6.49. The second-order valence-corrected chi connectivity index (χ2v) is 7.75. The Morgan fingerprint density at radius 3 is 2.38 bits per heavy atom. The summed E-state index contributed by atoms with van der Waals surface area (Å²) in [7, 11) is 1.63. The molecule has 3 rings (SSSR count). The van der Waals surface area contributed by atoms with Crippen molar-refractivity contribution in [2.45, 2.75) is 39.8 Å². The first-order valence-electron chi connectivity index (χ1n) is 9.95. The molecule has 0 aliphatic carbocycles. The van der Waals surface area contributed by atoms with Crippen LogP contribution in [0, 0.1) is 6.92 Å². The van der Waals surface area contributed by atoms with Gasteiger partial charge in [0.2, 0.25) is 0 Å². The zero-order valence-electron chi connectivity index (χ0n) is 17.8. The van der Waals surface area contributed by atoms with Crippen LogP contribution in [-0.2, 0) is 4.74 Å². The van der Waals surface area contributed by atoms with E-state index in [1.165, 1.54) is 5.56 Å². The normalized spacial score (nSPS) is 12.2. The summed E-state index contributed by atoms with van der Waals surface area (Å²) in [6.07, 6.45) is 1.80. The second-order valence-electron chi connectivity index (χ2n) is 7.75. The van der Waals surface area contributed by atoms with Gasteiger partial charge >= 0.3 is 0 Å². The summed E-state index contributed by atoms with van der Waals surface area (Å²) in [5.74, 6) is -0.111. The van der Waals surface area contributed by atoms with Crippen LogP contribution < -0.4 is 5.32 Å². The smallest absolute Gasteiger partial charge is 0.251 e. The van der Waals surface area contributed by atoms with Gasteiger partial charge in [0, 0.05) is 36.5 Å². The monoisotopic (exact) mass is 391 g/mol. The third-order valence-corrected chi connectivity index (χ3v) is 4.83. The first-order chi connectivity index (χ1) is 13.9. The molecule has 0 spiro atoms. The average molecular weight is 392 g/mol.